The average Bonchev–Trinajstić information content (AvgIpc) is 2.35. The molecule has 1 amide bonds. The Bertz CT molecular complexity index is 442. The maximum atomic E-state index is 13.0. The van der Waals surface area contributed by atoms with Crippen LogP contribution in [0.1, 0.15) is 47.0 Å². The van der Waals surface area contributed by atoms with Gasteiger partial charge in [-0.15, -0.1) is 0 Å². The summed E-state index contributed by atoms with van der Waals surface area (Å²) in [5, 5.41) is 2.72. The van der Waals surface area contributed by atoms with Gasteiger partial charge < -0.3 is 15.0 Å². The molecule has 2 atom stereocenters. The van der Waals surface area contributed by atoms with Crippen LogP contribution in [0.4, 0.5) is 18.0 Å². The Balaban J connectivity index is 2.86. The van der Waals surface area contributed by atoms with Crippen LogP contribution in [-0.2, 0) is 4.74 Å². The zero-order valence-electron chi connectivity index (χ0n) is 14.5. The fourth-order valence-electron chi connectivity index (χ4n) is 2.70. The van der Waals surface area contributed by atoms with Crippen molar-refractivity contribution in [1.82, 2.24) is 10.2 Å². The van der Waals surface area contributed by atoms with Crippen LogP contribution < -0.4 is 5.32 Å². The molecule has 0 fully saturated rings. The Morgan fingerprint density at radius 3 is 2.48 bits per heavy atom. The van der Waals surface area contributed by atoms with Crippen LogP contribution in [0.15, 0.2) is 11.6 Å². The number of carbonyl (C=O) groups is 1. The first-order chi connectivity index (χ1) is 10.4. The fourth-order valence-corrected chi connectivity index (χ4v) is 2.70. The number of hydrogen-bond acceptors (Lipinski definition) is 3. The van der Waals surface area contributed by atoms with E-state index in [1.807, 2.05) is 11.8 Å². The van der Waals surface area contributed by atoms with Crippen LogP contribution in [0.25, 0.3) is 0 Å². The Hall–Kier alpha value is -1.24. The molecule has 1 rings (SSSR count). The molecule has 1 N–H and O–H groups in total. The van der Waals surface area contributed by atoms with Gasteiger partial charge in [-0.25, -0.2) is 4.79 Å². The van der Waals surface area contributed by atoms with Crippen molar-refractivity contribution in [2.75, 3.05) is 13.6 Å². The van der Waals surface area contributed by atoms with Gasteiger partial charge in [-0.1, -0.05) is 13.0 Å². The van der Waals surface area contributed by atoms with Gasteiger partial charge in [-0.3, -0.25) is 0 Å². The van der Waals surface area contributed by atoms with Crippen molar-refractivity contribution in [3.8, 4) is 0 Å². The topological polar surface area (TPSA) is 41.6 Å². The van der Waals surface area contributed by atoms with E-state index in [-0.39, 0.29) is 12.8 Å². The molecule has 0 saturated carbocycles. The van der Waals surface area contributed by atoms with E-state index in [0.717, 1.165) is 6.42 Å². The number of nitrogens with one attached hydrogen (secondary N) is 1. The number of rotatable bonds is 4. The Kier molecular flexibility index (Phi) is 6.50. The highest BCUT2D eigenvalue weighted by Crippen LogP contribution is 2.35. The van der Waals surface area contributed by atoms with Crippen LogP contribution in [-0.4, -0.2) is 48.4 Å². The quantitative estimate of drug-likeness (QED) is 0.792. The third-order valence-corrected chi connectivity index (χ3v) is 3.72. The maximum Gasteiger partial charge on any atom is 0.412 e. The fraction of sp³-hybridized carbons (Fsp3) is 0.812. The lowest BCUT2D eigenvalue weighted by Crippen LogP contribution is -2.53. The van der Waals surface area contributed by atoms with E-state index in [1.165, 1.54) is 6.08 Å². The highest BCUT2D eigenvalue weighted by atomic mass is 19.4. The smallest absolute Gasteiger partial charge is 0.412 e. The van der Waals surface area contributed by atoms with Crippen molar-refractivity contribution in [3.05, 3.63) is 11.6 Å². The van der Waals surface area contributed by atoms with Crippen molar-refractivity contribution in [3.63, 3.8) is 0 Å². The number of halogens is 3. The minimum Gasteiger partial charge on any atom is -0.444 e. The minimum atomic E-state index is -4.32. The van der Waals surface area contributed by atoms with E-state index in [2.05, 4.69) is 5.32 Å². The second kappa shape index (κ2) is 7.55. The molecule has 0 aliphatic heterocycles. The summed E-state index contributed by atoms with van der Waals surface area (Å²) in [6.45, 7) is 7.87. The van der Waals surface area contributed by atoms with E-state index < -0.39 is 35.5 Å². The molecule has 0 bridgehead atoms. The molecule has 134 valence electrons. The van der Waals surface area contributed by atoms with E-state index >= 15 is 0 Å². The molecule has 0 spiro atoms. The largest absolute Gasteiger partial charge is 0.444 e. The molecule has 0 aromatic rings. The molecular weight excluding hydrogens is 309 g/mol. The van der Waals surface area contributed by atoms with Crippen LogP contribution in [0.3, 0.4) is 0 Å². The average molecular weight is 336 g/mol. The predicted molar refractivity (Wildman–Crippen MR) is 83.2 cm³/mol. The lowest BCUT2D eigenvalue weighted by atomic mass is 9.89. The Labute approximate surface area is 136 Å². The van der Waals surface area contributed by atoms with Crippen molar-refractivity contribution in [2.24, 2.45) is 0 Å². The molecule has 1 aliphatic rings. The summed E-state index contributed by atoms with van der Waals surface area (Å²) in [5.41, 5.74) is -1.16. The van der Waals surface area contributed by atoms with E-state index in [4.69, 9.17) is 4.74 Å². The number of hydrogen-bond donors (Lipinski definition) is 1. The van der Waals surface area contributed by atoms with Gasteiger partial charge in [0.25, 0.3) is 0 Å². The lowest BCUT2D eigenvalue weighted by molar-refractivity contribution is -0.0976. The zero-order chi connectivity index (χ0) is 17.8. The van der Waals surface area contributed by atoms with E-state index in [1.54, 1.807) is 27.8 Å². The lowest BCUT2D eigenvalue weighted by Gasteiger charge is -2.38. The second-order valence-electron chi connectivity index (χ2n) is 6.97. The summed E-state index contributed by atoms with van der Waals surface area (Å²) in [6.07, 6.45) is -2.88. The highest BCUT2D eigenvalue weighted by molar-refractivity contribution is 5.68. The molecular formula is C16H27F3N2O2. The Morgan fingerprint density at radius 2 is 2.00 bits per heavy atom. The molecule has 0 saturated heterocycles. The van der Waals surface area contributed by atoms with Crippen LogP contribution >= 0.6 is 0 Å². The van der Waals surface area contributed by atoms with Gasteiger partial charge in [0, 0.05) is 11.6 Å². The summed E-state index contributed by atoms with van der Waals surface area (Å²) in [7, 11) is 1.79. The number of nitrogens with zero attached hydrogens (tertiary/aromatic N) is 1. The van der Waals surface area contributed by atoms with Crippen LogP contribution in [0.2, 0.25) is 0 Å². The molecule has 1 unspecified atom stereocenters. The third-order valence-electron chi connectivity index (χ3n) is 3.72. The number of alkyl carbamates (subject to hydrolysis) is 1. The SMILES string of the molecule is CCCN(C)[C@H]1CC(C(F)(F)F)=CCC1NC(=O)OC(C)(C)C. The van der Waals surface area contributed by atoms with Gasteiger partial charge in [0.2, 0.25) is 0 Å². The number of alkyl halides is 3. The first kappa shape index (κ1) is 19.8. The first-order valence-electron chi connectivity index (χ1n) is 7.90. The van der Waals surface area contributed by atoms with Crippen molar-refractivity contribution in [1.29, 1.82) is 0 Å². The number of carbonyl (C=O) groups excluding carboxylic acids is 1. The van der Waals surface area contributed by atoms with Gasteiger partial charge in [0.05, 0.1) is 6.04 Å². The Morgan fingerprint density at radius 1 is 1.39 bits per heavy atom. The summed E-state index contributed by atoms with van der Waals surface area (Å²) in [5.74, 6) is 0. The van der Waals surface area contributed by atoms with Gasteiger partial charge >= 0.3 is 12.3 Å². The molecule has 0 heterocycles. The minimum absolute atomic E-state index is 0.125. The summed E-state index contributed by atoms with van der Waals surface area (Å²) in [6, 6.07) is -0.795. The molecule has 0 radical (unpaired) electrons. The monoisotopic (exact) mass is 336 g/mol. The standard InChI is InChI=1S/C16H27F3N2O2/c1-6-9-21(5)13-10-11(16(17,18)19)7-8-12(13)20-14(22)23-15(2,3)4/h7,12-13H,6,8-10H2,1-5H3,(H,20,22)/t12?,13-/m0/s1. The molecule has 0 aromatic carbocycles. The van der Waals surface area contributed by atoms with Gasteiger partial charge in [0.15, 0.2) is 0 Å². The van der Waals surface area contributed by atoms with Gasteiger partial charge in [0.1, 0.15) is 5.60 Å². The normalized spacial score (nSPS) is 22.7. The number of amides is 1. The molecule has 1 aliphatic carbocycles. The number of ether oxygens (including phenoxy) is 1. The van der Waals surface area contributed by atoms with Gasteiger partial charge in [-0.05, 0) is 53.6 Å². The van der Waals surface area contributed by atoms with Crippen molar-refractivity contribution in [2.45, 2.75) is 70.8 Å². The number of likely N-dealkylation sites (N-methyl/N-ethyl adjacent to an activating group) is 1. The molecule has 0 aromatic heterocycles. The van der Waals surface area contributed by atoms with E-state index in [9.17, 15) is 18.0 Å². The highest BCUT2D eigenvalue weighted by Gasteiger charge is 2.40. The molecule has 23 heavy (non-hydrogen) atoms. The van der Waals surface area contributed by atoms with Crippen LogP contribution in [0, 0.1) is 0 Å². The maximum absolute atomic E-state index is 13.0. The van der Waals surface area contributed by atoms with Crippen LogP contribution in [0.5, 0.6) is 0 Å². The third kappa shape index (κ3) is 6.41. The van der Waals surface area contributed by atoms with Crippen molar-refractivity contribution < 1.29 is 22.7 Å². The predicted octanol–water partition coefficient (Wildman–Crippen LogP) is 3.87. The van der Waals surface area contributed by atoms with Gasteiger partial charge in [-0.2, -0.15) is 13.2 Å². The first-order valence-corrected chi connectivity index (χ1v) is 7.90. The second-order valence-corrected chi connectivity index (χ2v) is 6.97. The van der Waals surface area contributed by atoms with Crippen molar-refractivity contribution >= 4 is 6.09 Å². The zero-order valence-corrected chi connectivity index (χ0v) is 14.5. The van der Waals surface area contributed by atoms with E-state index in [0.29, 0.717) is 6.54 Å². The summed E-state index contributed by atoms with van der Waals surface area (Å²) < 4.78 is 44.1. The summed E-state index contributed by atoms with van der Waals surface area (Å²) in [4.78, 5) is 13.8. The molecule has 7 heteroatoms. The summed E-state index contributed by atoms with van der Waals surface area (Å²) >= 11 is 0. The molecule has 4 nitrogen and oxygen atoms in total.